The van der Waals surface area contributed by atoms with Gasteiger partial charge in [-0.15, -0.1) is 0 Å². The summed E-state index contributed by atoms with van der Waals surface area (Å²) in [4.78, 5) is 20.5. The number of nitrogens with one attached hydrogen (secondary N) is 2. The quantitative estimate of drug-likeness (QED) is 0.275. The number of halogens is 2. The van der Waals surface area contributed by atoms with Gasteiger partial charge < -0.3 is 25.8 Å². The number of aromatic nitrogens is 4. The molecule has 4 unspecified atom stereocenters. The van der Waals surface area contributed by atoms with Crippen LogP contribution in [0, 0.1) is 17.6 Å². The van der Waals surface area contributed by atoms with E-state index in [2.05, 4.69) is 32.6 Å². The second kappa shape index (κ2) is 12.1. The summed E-state index contributed by atoms with van der Waals surface area (Å²) >= 11 is 0. The van der Waals surface area contributed by atoms with Gasteiger partial charge in [0.15, 0.2) is 0 Å². The minimum atomic E-state index is -0.724. The van der Waals surface area contributed by atoms with Gasteiger partial charge in [0.25, 0.3) is 0 Å². The Kier molecular flexibility index (Phi) is 8.41. The minimum absolute atomic E-state index is 0.0920. The standard InChI is InChI=1S/C29H33F2N7O3/c1-4-41-15-17-10-21(30)26(22(31)11-17)24-6-5-19-13-34-28(38(19)37-24)35-25-14-33-8-7-20(25)18-9-16(2)27(23(32)12-18)36-29(39)40-3/h5-8,10-11,13-14,16,18,23,27H,4,9,12,15,32H2,1-3H3,(H,34,35)(H,36,39). The van der Waals surface area contributed by atoms with Crippen LogP contribution in [-0.4, -0.2) is 51.5 Å². The third kappa shape index (κ3) is 5.98. The Morgan fingerprint density at radius 2 is 1.95 bits per heavy atom. The number of hydrogen-bond donors (Lipinski definition) is 3. The molecule has 4 N–H and O–H groups in total. The molecule has 3 aromatic heterocycles. The van der Waals surface area contributed by atoms with Crippen LogP contribution in [0.4, 0.5) is 25.2 Å². The van der Waals surface area contributed by atoms with Gasteiger partial charge in [-0.2, -0.15) is 9.61 Å². The molecule has 1 amide bonds. The molecule has 1 aliphatic rings. The van der Waals surface area contributed by atoms with Crippen molar-refractivity contribution in [3.63, 3.8) is 0 Å². The first-order valence-electron chi connectivity index (χ1n) is 13.5. The number of nitrogens with two attached hydrogens (primary N) is 1. The number of anilines is 2. The molecule has 0 bridgehead atoms. The Morgan fingerprint density at radius 3 is 2.66 bits per heavy atom. The number of fused-ring (bicyclic) bond motifs is 1. The van der Waals surface area contributed by atoms with Crippen LogP contribution in [0.15, 0.2) is 48.9 Å². The van der Waals surface area contributed by atoms with E-state index in [-0.39, 0.29) is 41.8 Å². The van der Waals surface area contributed by atoms with Crippen molar-refractivity contribution < 1.29 is 23.0 Å². The van der Waals surface area contributed by atoms with Gasteiger partial charge in [0, 0.05) is 24.9 Å². The van der Waals surface area contributed by atoms with Gasteiger partial charge in [-0.1, -0.05) is 6.92 Å². The second-order valence-electron chi connectivity index (χ2n) is 10.3. The van der Waals surface area contributed by atoms with Gasteiger partial charge in [0.2, 0.25) is 5.95 Å². The summed E-state index contributed by atoms with van der Waals surface area (Å²) < 4.78 is 41.6. The van der Waals surface area contributed by atoms with Crippen molar-refractivity contribution in [3.05, 3.63) is 71.7 Å². The van der Waals surface area contributed by atoms with Crippen molar-refractivity contribution in [2.45, 2.75) is 51.3 Å². The summed E-state index contributed by atoms with van der Waals surface area (Å²) in [6.07, 6.45) is 5.96. The number of ether oxygens (including phenoxy) is 2. The van der Waals surface area contributed by atoms with Crippen LogP contribution in [0.25, 0.3) is 16.8 Å². The lowest BCUT2D eigenvalue weighted by atomic mass is 9.73. The highest BCUT2D eigenvalue weighted by Crippen LogP contribution is 2.39. The maximum atomic E-state index is 15.0. The van der Waals surface area contributed by atoms with Crippen LogP contribution in [0.1, 0.15) is 43.7 Å². The Labute approximate surface area is 236 Å². The van der Waals surface area contributed by atoms with E-state index >= 15 is 8.78 Å². The lowest BCUT2D eigenvalue weighted by Crippen LogP contribution is -2.54. The van der Waals surface area contributed by atoms with Crippen molar-refractivity contribution in [1.82, 2.24) is 24.9 Å². The predicted octanol–water partition coefficient (Wildman–Crippen LogP) is 4.92. The molecule has 1 aliphatic carbocycles. The SMILES string of the molecule is CCOCc1cc(F)c(-c2ccc3cnc(Nc4cnccc4C4CC(C)C(NC(=O)OC)C(N)C4)n3n2)c(F)c1. The fraction of sp³-hybridized carbons (Fsp3) is 0.379. The Bertz CT molecular complexity index is 1510. The van der Waals surface area contributed by atoms with Crippen molar-refractivity contribution in [2.24, 2.45) is 11.7 Å². The van der Waals surface area contributed by atoms with E-state index in [0.717, 1.165) is 12.0 Å². The van der Waals surface area contributed by atoms with Crippen LogP contribution in [0.2, 0.25) is 0 Å². The van der Waals surface area contributed by atoms with Crippen LogP contribution >= 0.6 is 0 Å². The molecule has 41 heavy (non-hydrogen) atoms. The Balaban J connectivity index is 1.42. The zero-order valence-corrected chi connectivity index (χ0v) is 23.1. The number of imidazole rings is 1. The van der Waals surface area contributed by atoms with Crippen LogP contribution in [0.3, 0.4) is 0 Å². The first-order chi connectivity index (χ1) is 19.8. The topological polar surface area (TPSA) is 129 Å². The van der Waals surface area contributed by atoms with Crippen molar-refractivity contribution in [3.8, 4) is 11.3 Å². The van der Waals surface area contributed by atoms with E-state index in [1.165, 1.54) is 23.8 Å². The molecular weight excluding hydrogens is 532 g/mol. The number of carbonyl (C=O) groups excluding carboxylic acids is 1. The summed E-state index contributed by atoms with van der Waals surface area (Å²) in [5.74, 6) is -0.889. The number of rotatable bonds is 8. The fourth-order valence-corrected chi connectivity index (χ4v) is 5.55. The van der Waals surface area contributed by atoms with E-state index in [1.54, 1.807) is 30.7 Å². The number of benzene rings is 1. The molecule has 10 nitrogen and oxygen atoms in total. The molecule has 0 radical (unpaired) electrons. The molecule has 4 atom stereocenters. The number of hydrogen-bond acceptors (Lipinski definition) is 8. The average Bonchev–Trinajstić information content (AvgIpc) is 3.35. The monoisotopic (exact) mass is 565 g/mol. The van der Waals surface area contributed by atoms with E-state index in [0.29, 0.717) is 35.7 Å². The van der Waals surface area contributed by atoms with Crippen molar-refractivity contribution >= 4 is 23.2 Å². The second-order valence-corrected chi connectivity index (χ2v) is 10.3. The molecule has 12 heteroatoms. The van der Waals surface area contributed by atoms with Gasteiger partial charge in [-0.3, -0.25) is 4.98 Å². The first-order valence-corrected chi connectivity index (χ1v) is 13.5. The lowest BCUT2D eigenvalue weighted by Gasteiger charge is -2.39. The number of pyridine rings is 1. The summed E-state index contributed by atoms with van der Waals surface area (Å²) in [5.41, 5.74) is 9.14. The minimum Gasteiger partial charge on any atom is -0.453 e. The molecule has 3 heterocycles. The Hall–Kier alpha value is -4.16. The van der Waals surface area contributed by atoms with E-state index in [9.17, 15) is 4.79 Å². The summed E-state index contributed by atoms with van der Waals surface area (Å²) in [6.45, 7) is 4.43. The highest BCUT2D eigenvalue weighted by Gasteiger charge is 2.36. The third-order valence-electron chi connectivity index (χ3n) is 7.51. The molecule has 5 rings (SSSR count). The normalized spacial score (nSPS) is 20.6. The van der Waals surface area contributed by atoms with Crippen molar-refractivity contribution in [1.29, 1.82) is 0 Å². The smallest absolute Gasteiger partial charge is 0.407 e. The molecule has 1 aromatic carbocycles. The van der Waals surface area contributed by atoms with Crippen LogP contribution < -0.4 is 16.4 Å². The largest absolute Gasteiger partial charge is 0.453 e. The number of alkyl carbamates (subject to hydrolysis) is 1. The maximum absolute atomic E-state index is 15.0. The summed E-state index contributed by atoms with van der Waals surface area (Å²) in [5, 5.41) is 10.7. The Morgan fingerprint density at radius 1 is 1.17 bits per heavy atom. The third-order valence-corrected chi connectivity index (χ3v) is 7.51. The van der Waals surface area contributed by atoms with Gasteiger partial charge in [0.05, 0.1) is 48.6 Å². The highest BCUT2D eigenvalue weighted by molar-refractivity contribution is 5.68. The number of carbonyl (C=O) groups is 1. The molecule has 0 aliphatic heterocycles. The zero-order chi connectivity index (χ0) is 29.1. The van der Waals surface area contributed by atoms with Gasteiger partial charge in [0.1, 0.15) is 11.6 Å². The molecule has 0 saturated heterocycles. The number of nitrogens with zero attached hydrogens (tertiary/aromatic N) is 4. The maximum Gasteiger partial charge on any atom is 0.407 e. The van der Waals surface area contributed by atoms with E-state index in [4.69, 9.17) is 15.2 Å². The molecule has 0 spiro atoms. The molecular formula is C29H33F2N7O3. The molecule has 216 valence electrons. The lowest BCUT2D eigenvalue weighted by molar-refractivity contribution is 0.133. The summed E-state index contributed by atoms with van der Waals surface area (Å²) in [6, 6.07) is 7.24. The van der Waals surface area contributed by atoms with Gasteiger partial charge in [-0.05, 0) is 73.1 Å². The zero-order valence-electron chi connectivity index (χ0n) is 23.1. The van der Waals surface area contributed by atoms with Gasteiger partial charge >= 0.3 is 6.09 Å². The van der Waals surface area contributed by atoms with E-state index < -0.39 is 17.7 Å². The molecule has 1 fully saturated rings. The van der Waals surface area contributed by atoms with Crippen LogP contribution in [-0.2, 0) is 16.1 Å². The molecule has 1 saturated carbocycles. The fourth-order valence-electron chi connectivity index (χ4n) is 5.55. The first kappa shape index (κ1) is 28.4. The number of amides is 1. The highest BCUT2D eigenvalue weighted by atomic mass is 19.1. The number of methoxy groups -OCH3 is 1. The van der Waals surface area contributed by atoms with Gasteiger partial charge in [-0.25, -0.2) is 18.6 Å². The summed E-state index contributed by atoms with van der Waals surface area (Å²) in [7, 11) is 1.33. The predicted molar refractivity (Wildman–Crippen MR) is 150 cm³/mol. The van der Waals surface area contributed by atoms with Crippen LogP contribution in [0.5, 0.6) is 0 Å². The molecule has 4 aromatic rings. The van der Waals surface area contributed by atoms with Crippen molar-refractivity contribution in [2.75, 3.05) is 19.0 Å². The average molecular weight is 566 g/mol. The van der Waals surface area contributed by atoms with E-state index in [1.807, 2.05) is 13.0 Å².